The SMILES string of the molecule is CC(C)Oc1ccc(C[NH2+]CC[C@H](c2ccc(OC(C)C)cc2)C(C)C)cc1. The summed E-state index contributed by atoms with van der Waals surface area (Å²) in [5.74, 6) is 3.10. The predicted octanol–water partition coefficient (Wildman–Crippen LogP) is 5.15. The molecule has 2 rings (SSSR count). The molecule has 0 heterocycles. The van der Waals surface area contributed by atoms with Crippen molar-refractivity contribution in [2.45, 2.75) is 72.6 Å². The van der Waals surface area contributed by atoms with E-state index in [1.54, 1.807) is 0 Å². The Morgan fingerprint density at radius 2 is 1.21 bits per heavy atom. The third-order valence-electron chi connectivity index (χ3n) is 4.84. The van der Waals surface area contributed by atoms with Crippen LogP contribution in [0, 0.1) is 5.92 Å². The van der Waals surface area contributed by atoms with Crippen molar-refractivity contribution < 1.29 is 14.8 Å². The van der Waals surface area contributed by atoms with Crippen LogP contribution in [-0.2, 0) is 6.54 Å². The number of hydrogen-bond acceptors (Lipinski definition) is 2. The minimum Gasteiger partial charge on any atom is -0.491 e. The average molecular weight is 385 g/mol. The normalized spacial score (nSPS) is 12.6. The van der Waals surface area contributed by atoms with Gasteiger partial charge < -0.3 is 14.8 Å². The molecule has 0 aliphatic heterocycles. The van der Waals surface area contributed by atoms with E-state index in [0.29, 0.717) is 11.8 Å². The molecule has 0 unspecified atom stereocenters. The van der Waals surface area contributed by atoms with Gasteiger partial charge in [0, 0.05) is 12.0 Å². The second-order valence-electron chi connectivity index (χ2n) is 8.47. The van der Waals surface area contributed by atoms with E-state index < -0.39 is 0 Å². The molecule has 1 atom stereocenters. The second kappa shape index (κ2) is 11.1. The van der Waals surface area contributed by atoms with Crippen molar-refractivity contribution in [1.82, 2.24) is 0 Å². The summed E-state index contributed by atoms with van der Waals surface area (Å²) in [6.07, 6.45) is 1.61. The van der Waals surface area contributed by atoms with Crippen LogP contribution in [0.25, 0.3) is 0 Å². The van der Waals surface area contributed by atoms with Crippen LogP contribution in [0.15, 0.2) is 48.5 Å². The molecule has 154 valence electrons. The maximum atomic E-state index is 5.77. The second-order valence-corrected chi connectivity index (χ2v) is 8.47. The van der Waals surface area contributed by atoms with Gasteiger partial charge in [-0.3, -0.25) is 0 Å². The van der Waals surface area contributed by atoms with E-state index in [-0.39, 0.29) is 12.2 Å². The first-order chi connectivity index (χ1) is 13.3. The first-order valence-electron chi connectivity index (χ1n) is 10.7. The Kier molecular flexibility index (Phi) is 8.85. The molecular weight excluding hydrogens is 346 g/mol. The molecule has 0 bridgehead atoms. The van der Waals surface area contributed by atoms with Gasteiger partial charge in [-0.15, -0.1) is 0 Å². The van der Waals surface area contributed by atoms with Gasteiger partial charge in [-0.1, -0.05) is 26.0 Å². The van der Waals surface area contributed by atoms with Crippen LogP contribution in [0.5, 0.6) is 11.5 Å². The van der Waals surface area contributed by atoms with Gasteiger partial charge in [0.2, 0.25) is 0 Å². The lowest BCUT2D eigenvalue weighted by atomic mass is 9.86. The van der Waals surface area contributed by atoms with Gasteiger partial charge in [0.1, 0.15) is 18.0 Å². The fourth-order valence-corrected chi connectivity index (χ4v) is 3.49. The molecular formula is C25H38NO2+. The van der Waals surface area contributed by atoms with E-state index in [0.717, 1.165) is 24.6 Å². The van der Waals surface area contributed by atoms with Gasteiger partial charge in [0.15, 0.2) is 0 Å². The maximum absolute atomic E-state index is 5.77. The van der Waals surface area contributed by atoms with E-state index in [9.17, 15) is 0 Å². The average Bonchev–Trinajstić information content (AvgIpc) is 2.63. The smallest absolute Gasteiger partial charge is 0.119 e. The standard InChI is InChI=1S/C25H37NO2/c1-18(2)25(22-9-13-24(14-10-22)28-20(5)6)15-16-26-17-21-7-11-23(12-8-21)27-19(3)4/h7-14,18-20,25-26H,15-17H2,1-6H3/p+1/t25-/m0/s1. The fourth-order valence-electron chi connectivity index (χ4n) is 3.49. The summed E-state index contributed by atoms with van der Waals surface area (Å²) in [7, 11) is 0. The Labute approximate surface area is 171 Å². The van der Waals surface area contributed by atoms with Gasteiger partial charge in [-0.25, -0.2) is 0 Å². The molecule has 0 spiro atoms. The van der Waals surface area contributed by atoms with Crippen LogP contribution < -0.4 is 14.8 Å². The summed E-state index contributed by atoms with van der Waals surface area (Å²) >= 11 is 0. The van der Waals surface area contributed by atoms with Gasteiger partial charge in [-0.2, -0.15) is 0 Å². The molecule has 2 aromatic carbocycles. The molecule has 3 heteroatoms. The van der Waals surface area contributed by atoms with Crippen LogP contribution in [0.2, 0.25) is 0 Å². The Hall–Kier alpha value is -2.00. The highest BCUT2D eigenvalue weighted by atomic mass is 16.5. The Morgan fingerprint density at radius 1 is 0.714 bits per heavy atom. The van der Waals surface area contributed by atoms with Crippen molar-refractivity contribution in [3.05, 3.63) is 59.7 Å². The minimum atomic E-state index is 0.215. The zero-order chi connectivity index (χ0) is 20.5. The molecule has 0 aromatic heterocycles. The number of nitrogens with two attached hydrogens (primary N) is 1. The first-order valence-corrected chi connectivity index (χ1v) is 10.7. The summed E-state index contributed by atoms with van der Waals surface area (Å²) in [4.78, 5) is 0. The van der Waals surface area contributed by atoms with Crippen LogP contribution in [0.3, 0.4) is 0 Å². The molecule has 2 N–H and O–H groups in total. The third-order valence-corrected chi connectivity index (χ3v) is 4.84. The van der Waals surface area contributed by atoms with Crippen molar-refractivity contribution in [2.24, 2.45) is 5.92 Å². The molecule has 0 saturated carbocycles. The summed E-state index contributed by atoms with van der Waals surface area (Å²) < 4.78 is 11.5. The molecule has 0 fully saturated rings. The van der Waals surface area contributed by atoms with Gasteiger partial charge in [0.25, 0.3) is 0 Å². The number of rotatable bonds is 11. The lowest BCUT2D eigenvalue weighted by Gasteiger charge is -2.21. The molecule has 0 saturated heterocycles. The highest BCUT2D eigenvalue weighted by molar-refractivity contribution is 5.30. The van der Waals surface area contributed by atoms with Crippen molar-refractivity contribution in [2.75, 3.05) is 6.54 Å². The third kappa shape index (κ3) is 7.55. The first kappa shape index (κ1) is 22.3. The molecule has 0 aliphatic carbocycles. The van der Waals surface area contributed by atoms with Crippen molar-refractivity contribution in [3.63, 3.8) is 0 Å². The van der Waals surface area contributed by atoms with Gasteiger partial charge >= 0.3 is 0 Å². The summed E-state index contributed by atoms with van der Waals surface area (Å²) in [6, 6.07) is 17.2. The fraction of sp³-hybridized carbons (Fsp3) is 0.520. The Bertz CT molecular complexity index is 675. The van der Waals surface area contributed by atoms with E-state index >= 15 is 0 Å². The monoisotopic (exact) mass is 384 g/mol. The van der Waals surface area contributed by atoms with E-state index in [1.807, 2.05) is 0 Å². The number of benzene rings is 2. The topological polar surface area (TPSA) is 35.1 Å². The molecule has 3 nitrogen and oxygen atoms in total. The largest absolute Gasteiger partial charge is 0.491 e. The van der Waals surface area contributed by atoms with E-state index in [1.165, 1.54) is 17.5 Å². The molecule has 0 aliphatic rings. The molecule has 0 amide bonds. The van der Waals surface area contributed by atoms with Crippen molar-refractivity contribution in [3.8, 4) is 11.5 Å². The summed E-state index contributed by atoms with van der Waals surface area (Å²) in [5, 5.41) is 2.41. The molecule has 2 aromatic rings. The maximum Gasteiger partial charge on any atom is 0.119 e. The van der Waals surface area contributed by atoms with E-state index in [2.05, 4.69) is 95.4 Å². The number of ether oxygens (including phenoxy) is 2. The Balaban J connectivity index is 1.83. The van der Waals surface area contributed by atoms with Crippen molar-refractivity contribution >= 4 is 0 Å². The van der Waals surface area contributed by atoms with Crippen LogP contribution in [0.1, 0.15) is 65.0 Å². The quantitative estimate of drug-likeness (QED) is 0.544. The highest BCUT2D eigenvalue weighted by Crippen LogP contribution is 2.28. The van der Waals surface area contributed by atoms with Crippen molar-refractivity contribution in [1.29, 1.82) is 0 Å². The van der Waals surface area contributed by atoms with E-state index in [4.69, 9.17) is 9.47 Å². The Morgan fingerprint density at radius 3 is 1.68 bits per heavy atom. The lowest BCUT2D eigenvalue weighted by Crippen LogP contribution is -2.82. The highest BCUT2D eigenvalue weighted by Gasteiger charge is 2.16. The minimum absolute atomic E-state index is 0.215. The van der Waals surface area contributed by atoms with Gasteiger partial charge in [-0.05, 0) is 81.5 Å². The van der Waals surface area contributed by atoms with Crippen LogP contribution >= 0.6 is 0 Å². The molecule has 0 radical (unpaired) electrons. The van der Waals surface area contributed by atoms with Crippen LogP contribution in [-0.4, -0.2) is 18.8 Å². The summed E-state index contributed by atoms with van der Waals surface area (Å²) in [6.45, 7) is 15.0. The van der Waals surface area contributed by atoms with Gasteiger partial charge in [0.05, 0.1) is 18.8 Å². The zero-order valence-electron chi connectivity index (χ0n) is 18.4. The van der Waals surface area contributed by atoms with Crippen LogP contribution in [0.4, 0.5) is 0 Å². The summed E-state index contributed by atoms with van der Waals surface area (Å²) in [5.41, 5.74) is 2.75. The number of hydrogen-bond donors (Lipinski definition) is 1. The predicted molar refractivity (Wildman–Crippen MR) is 117 cm³/mol. The number of quaternary nitrogens is 1. The lowest BCUT2D eigenvalue weighted by molar-refractivity contribution is -0.671. The zero-order valence-corrected chi connectivity index (χ0v) is 18.4. The molecule has 28 heavy (non-hydrogen) atoms.